The SMILES string of the molecule is COC(=O)c1c(F)cc(Br)cc1F.Cc1cc(C(F)(F)F)c(-c2ccc(C[C@H](NC(=O)c3c(F)cc(N4CCOC[C@@H]4CC(F)F)cc3F)C(=O)O)c3cccnc23)c(=O)n1C.FC(F)C[C@H]1COCCN1.O=C(O)c1c(F)cc(N2CCOC[C@@H]2CC(F)F)cc1F. The number of nitrogens with one attached hydrogen (secondary N) is 2. The van der Waals surface area contributed by atoms with Gasteiger partial charge in [0.2, 0.25) is 19.3 Å². The molecule has 0 unspecified atom stereocenters. The lowest BCUT2D eigenvalue weighted by Crippen LogP contribution is -2.46. The summed E-state index contributed by atoms with van der Waals surface area (Å²) in [6.07, 6.45) is -12.8. The number of aryl methyl sites for hydroxylation is 1. The van der Waals surface area contributed by atoms with Crippen molar-refractivity contribution in [2.45, 2.75) is 82.2 Å². The number of alkyl halides is 9. The molecule has 0 radical (unpaired) electrons. The molecule has 3 aliphatic rings. The van der Waals surface area contributed by atoms with Crippen LogP contribution >= 0.6 is 15.9 Å². The molecule has 9 rings (SSSR count). The zero-order valence-corrected chi connectivity index (χ0v) is 50.7. The average Bonchev–Trinajstić information content (AvgIpc) is 0.758. The smallest absolute Gasteiger partial charge is 0.417 e. The van der Waals surface area contributed by atoms with Gasteiger partial charge in [-0.25, -0.2) is 67.1 Å². The number of amides is 1. The lowest BCUT2D eigenvalue weighted by molar-refractivity contribution is -0.139. The number of morpholine rings is 3. The Bertz CT molecular complexity index is 3630. The van der Waals surface area contributed by atoms with Crippen LogP contribution in [0.3, 0.4) is 0 Å². The molecule has 0 aliphatic carbocycles. The van der Waals surface area contributed by atoms with Crippen molar-refractivity contribution in [3.8, 4) is 11.1 Å². The van der Waals surface area contributed by atoms with E-state index in [9.17, 15) is 86.2 Å². The summed E-state index contributed by atoms with van der Waals surface area (Å²) in [6, 6.07) is 7.93. The summed E-state index contributed by atoms with van der Waals surface area (Å²) < 4.78 is 222. The maximum absolute atomic E-state index is 15.2. The molecule has 3 saturated heterocycles. The summed E-state index contributed by atoms with van der Waals surface area (Å²) in [4.78, 5) is 67.0. The van der Waals surface area contributed by atoms with Gasteiger partial charge in [-0.05, 0) is 61.0 Å². The van der Waals surface area contributed by atoms with E-state index in [2.05, 4.69) is 36.3 Å². The van der Waals surface area contributed by atoms with E-state index in [0.717, 1.165) is 54.1 Å². The summed E-state index contributed by atoms with van der Waals surface area (Å²) in [5.74, 6) is -12.8. The first-order valence-electron chi connectivity index (χ1n) is 27.8. The fourth-order valence-electron chi connectivity index (χ4n) is 10.1. The van der Waals surface area contributed by atoms with Crippen molar-refractivity contribution >= 4 is 62.0 Å². The molecule has 3 fully saturated rings. The highest BCUT2D eigenvalue weighted by Gasteiger charge is 2.38. The van der Waals surface area contributed by atoms with E-state index >= 15 is 8.78 Å². The number of nitrogens with zero attached hydrogens (tertiary/aromatic N) is 4. The lowest BCUT2D eigenvalue weighted by Gasteiger charge is -2.37. The third kappa shape index (κ3) is 19.5. The molecular formula is C60H58BrF15N6O11. The molecule has 17 nitrogen and oxygen atoms in total. The Morgan fingerprint density at radius 1 is 0.720 bits per heavy atom. The second-order valence-corrected chi connectivity index (χ2v) is 21.7. The number of carbonyl (C=O) groups is 4. The van der Waals surface area contributed by atoms with E-state index < -0.39 is 155 Å². The number of fused-ring (bicyclic) bond motifs is 1. The third-order valence-corrected chi connectivity index (χ3v) is 15.0. The van der Waals surface area contributed by atoms with Crippen molar-refractivity contribution in [2.75, 3.05) is 76.2 Å². The molecule has 0 saturated carbocycles. The molecular weight excluding hydrogens is 1350 g/mol. The first-order valence-corrected chi connectivity index (χ1v) is 28.6. The molecule has 4 aromatic carbocycles. The Hall–Kier alpha value is -8.01. The molecule has 93 heavy (non-hydrogen) atoms. The molecule has 33 heteroatoms. The predicted molar refractivity (Wildman–Crippen MR) is 308 cm³/mol. The van der Waals surface area contributed by atoms with Crippen LogP contribution in [0.15, 0.2) is 82.2 Å². The van der Waals surface area contributed by atoms with E-state index in [1.54, 1.807) is 0 Å². The Kier molecular flexibility index (Phi) is 26.4. The number of methoxy groups -OCH3 is 1. The Morgan fingerprint density at radius 3 is 1.69 bits per heavy atom. The van der Waals surface area contributed by atoms with Crippen molar-refractivity contribution in [1.29, 1.82) is 0 Å². The van der Waals surface area contributed by atoms with E-state index in [0.29, 0.717) is 19.8 Å². The number of aliphatic carboxylic acids is 1. The normalized spacial score (nSPS) is 17.0. The van der Waals surface area contributed by atoms with Crippen molar-refractivity contribution in [2.24, 2.45) is 7.05 Å². The maximum atomic E-state index is 15.2. The molecule has 3 aliphatic heterocycles. The molecule has 2 aromatic heterocycles. The van der Waals surface area contributed by atoms with Crippen LogP contribution in [0.4, 0.5) is 77.2 Å². The summed E-state index contributed by atoms with van der Waals surface area (Å²) >= 11 is 2.89. The van der Waals surface area contributed by atoms with Crippen LogP contribution < -0.4 is 26.0 Å². The number of hydrogen-bond donors (Lipinski definition) is 4. The average molecular weight is 1400 g/mol. The molecule has 5 heterocycles. The van der Waals surface area contributed by atoms with Crippen LogP contribution in [0.5, 0.6) is 0 Å². The van der Waals surface area contributed by atoms with Gasteiger partial charge in [-0.3, -0.25) is 14.6 Å². The molecule has 4 atom stereocenters. The van der Waals surface area contributed by atoms with Crippen LogP contribution in [-0.2, 0) is 43.4 Å². The van der Waals surface area contributed by atoms with Crippen molar-refractivity contribution in [3.05, 3.63) is 156 Å². The number of ether oxygens (including phenoxy) is 4. The van der Waals surface area contributed by atoms with Gasteiger partial charge < -0.3 is 54.2 Å². The minimum atomic E-state index is -4.90. The molecule has 506 valence electrons. The summed E-state index contributed by atoms with van der Waals surface area (Å²) in [5.41, 5.74) is -5.66. The fourth-order valence-corrected chi connectivity index (χ4v) is 10.5. The monoisotopic (exact) mass is 1400 g/mol. The van der Waals surface area contributed by atoms with Gasteiger partial charge in [-0.2, -0.15) is 13.2 Å². The number of halogens is 16. The van der Waals surface area contributed by atoms with Gasteiger partial charge in [0.15, 0.2) is 0 Å². The van der Waals surface area contributed by atoms with Crippen LogP contribution in [0, 0.1) is 41.8 Å². The van der Waals surface area contributed by atoms with E-state index in [1.165, 1.54) is 54.2 Å². The van der Waals surface area contributed by atoms with Crippen molar-refractivity contribution in [3.63, 3.8) is 0 Å². The van der Waals surface area contributed by atoms with E-state index in [-0.39, 0.29) is 95.6 Å². The number of pyridine rings is 2. The molecule has 6 aromatic rings. The lowest BCUT2D eigenvalue weighted by atomic mass is 9.93. The molecule has 1 amide bonds. The number of aromatic carboxylic acids is 1. The van der Waals surface area contributed by atoms with Gasteiger partial charge in [-0.1, -0.05) is 34.1 Å². The van der Waals surface area contributed by atoms with Crippen LogP contribution in [-0.4, -0.2) is 153 Å². The number of benzene rings is 4. The number of anilines is 2. The predicted octanol–water partition coefficient (Wildman–Crippen LogP) is 11.2. The fraction of sp³-hybridized carbons (Fsp3) is 0.400. The zero-order valence-electron chi connectivity index (χ0n) is 49.1. The van der Waals surface area contributed by atoms with E-state index in [1.807, 2.05) is 0 Å². The second-order valence-electron chi connectivity index (χ2n) is 20.7. The van der Waals surface area contributed by atoms with Gasteiger partial charge in [0.1, 0.15) is 57.6 Å². The summed E-state index contributed by atoms with van der Waals surface area (Å²) in [6.45, 7) is 3.62. The highest BCUT2D eigenvalue weighted by atomic mass is 79.9. The number of rotatable bonds is 16. The van der Waals surface area contributed by atoms with Gasteiger partial charge in [-0.15, -0.1) is 0 Å². The third-order valence-electron chi connectivity index (χ3n) is 14.5. The maximum Gasteiger partial charge on any atom is 0.417 e. The molecule has 0 bridgehead atoms. The highest BCUT2D eigenvalue weighted by Crippen LogP contribution is 2.39. The topological polar surface area (TPSA) is 211 Å². The highest BCUT2D eigenvalue weighted by molar-refractivity contribution is 9.10. The Balaban J connectivity index is 0.000000251. The number of carbonyl (C=O) groups excluding carboxylic acids is 2. The number of hydrogen-bond acceptors (Lipinski definition) is 13. The first-order chi connectivity index (χ1) is 43.8. The second kappa shape index (κ2) is 33.2. The minimum Gasteiger partial charge on any atom is -0.480 e. The summed E-state index contributed by atoms with van der Waals surface area (Å²) in [7, 11) is 2.38. The zero-order chi connectivity index (χ0) is 68.8. The van der Waals surface area contributed by atoms with Crippen LogP contribution in [0.25, 0.3) is 22.0 Å². The van der Waals surface area contributed by atoms with E-state index in [4.69, 9.17) is 19.3 Å². The molecule has 4 N–H and O–H groups in total. The number of esters is 1. The summed E-state index contributed by atoms with van der Waals surface area (Å²) in [5, 5.41) is 23.8. The number of carboxylic acid groups (broad SMARTS) is 2. The van der Waals surface area contributed by atoms with Gasteiger partial charge in [0.25, 0.3) is 11.5 Å². The van der Waals surface area contributed by atoms with Gasteiger partial charge in [0.05, 0.1) is 75.5 Å². The standard InChI is InChI=1S/C33H29F7N4O5.C13H13F4NO3.C8H5BrF2O2.C6H11F2NO/c1-16-10-22(33(38,39)40)27(31(46)43(16)2)21-6-5-17(20-4-3-7-41-29(20)21)11-25(32(47)48)42-30(45)28-23(34)12-18(13-24(28)35)44-8-9-49-15-19(44)14-26(36)37;14-9-3-7(4-10(15)12(9)13(19)20)18-1-2-21-6-8(18)5-11(16)17;1-13-8(12)7-5(10)2-4(9)3-6(7)11;7-6(8)3-5-4-10-2-1-9-5/h3-7,10,12-13,19,25-26H,8-9,11,14-15H2,1-2H3,(H,42,45)(H,47,48);3-4,8,11H,1-2,5-6H2,(H,19,20);2-3H,1H3;5-6,9H,1-4H2/t19-,25-;8-;;5-/m00.0/s1. The molecule has 0 spiro atoms. The minimum absolute atomic E-state index is 0.0221. The van der Waals surface area contributed by atoms with Gasteiger partial charge in [0, 0.05) is 97.1 Å². The van der Waals surface area contributed by atoms with Gasteiger partial charge >= 0.3 is 24.1 Å². The Labute approximate surface area is 527 Å². The van der Waals surface area contributed by atoms with Crippen LogP contribution in [0.2, 0.25) is 0 Å². The number of carboxylic acids is 2. The first kappa shape index (κ1) is 74.0. The van der Waals surface area contributed by atoms with Crippen LogP contribution in [0.1, 0.15) is 67.2 Å². The largest absolute Gasteiger partial charge is 0.480 e. The number of aromatic nitrogens is 2. The Morgan fingerprint density at radius 2 is 1.23 bits per heavy atom. The van der Waals surface area contributed by atoms with Crippen molar-refractivity contribution < 1.29 is 114 Å². The van der Waals surface area contributed by atoms with Crippen molar-refractivity contribution in [1.82, 2.24) is 20.2 Å². The quantitative estimate of drug-likeness (QED) is 0.0524.